The van der Waals surface area contributed by atoms with Crippen molar-refractivity contribution < 1.29 is 9.84 Å². The first-order valence-corrected chi connectivity index (χ1v) is 7.43. The van der Waals surface area contributed by atoms with Crippen LogP contribution in [0, 0.1) is 13.8 Å². The molecule has 1 heterocycles. The topological polar surface area (TPSA) is 64.3 Å². The quantitative estimate of drug-likeness (QED) is 0.884. The van der Waals surface area contributed by atoms with E-state index in [0.717, 1.165) is 6.42 Å². The van der Waals surface area contributed by atoms with Gasteiger partial charge >= 0.3 is 0 Å². The monoisotopic (exact) mass is 302 g/mol. The maximum Gasteiger partial charge on any atom is 0.256 e. The van der Waals surface area contributed by atoms with Gasteiger partial charge in [-0.1, -0.05) is 19.1 Å². The summed E-state index contributed by atoms with van der Waals surface area (Å²) in [5.41, 5.74) is 2.42. The van der Waals surface area contributed by atoms with E-state index in [1.165, 1.54) is 16.5 Å². The lowest BCUT2D eigenvalue weighted by atomic mass is 10.2. The number of rotatable bonds is 6. The molecule has 0 spiro atoms. The van der Waals surface area contributed by atoms with Gasteiger partial charge in [-0.3, -0.25) is 9.36 Å². The van der Waals surface area contributed by atoms with Gasteiger partial charge in [0.1, 0.15) is 18.5 Å². The van der Waals surface area contributed by atoms with Crippen molar-refractivity contribution in [3.8, 4) is 5.75 Å². The summed E-state index contributed by atoms with van der Waals surface area (Å²) in [6.07, 6.45) is 1.67. The number of hydrogen-bond donors (Lipinski definition) is 1. The van der Waals surface area contributed by atoms with Gasteiger partial charge in [0.2, 0.25) is 0 Å². The third-order valence-electron chi connectivity index (χ3n) is 3.70. The van der Waals surface area contributed by atoms with Gasteiger partial charge in [0.05, 0.1) is 12.9 Å². The normalized spacial score (nSPS) is 12.2. The Balaban J connectivity index is 1.94. The fraction of sp³-hybridized carbons (Fsp3) is 0.412. The van der Waals surface area contributed by atoms with E-state index < -0.39 is 6.10 Å². The molecule has 0 fully saturated rings. The summed E-state index contributed by atoms with van der Waals surface area (Å²) in [6, 6.07) is 7.77. The van der Waals surface area contributed by atoms with Crippen molar-refractivity contribution in [2.45, 2.75) is 39.8 Å². The van der Waals surface area contributed by atoms with Gasteiger partial charge in [0, 0.05) is 11.3 Å². The summed E-state index contributed by atoms with van der Waals surface area (Å²) in [4.78, 5) is 16.2. The van der Waals surface area contributed by atoms with Gasteiger partial charge in [-0.15, -0.1) is 0 Å². The largest absolute Gasteiger partial charge is 0.491 e. The van der Waals surface area contributed by atoms with Gasteiger partial charge in [0.25, 0.3) is 5.56 Å². The van der Waals surface area contributed by atoms with E-state index in [1.54, 1.807) is 13.8 Å². The highest BCUT2D eigenvalue weighted by atomic mass is 16.5. The molecule has 0 radical (unpaired) electrons. The Labute approximate surface area is 130 Å². The van der Waals surface area contributed by atoms with E-state index in [1.807, 2.05) is 24.3 Å². The molecule has 1 aromatic carbocycles. The Hall–Kier alpha value is -2.14. The first-order valence-electron chi connectivity index (χ1n) is 7.43. The van der Waals surface area contributed by atoms with Gasteiger partial charge in [-0.05, 0) is 38.0 Å². The highest BCUT2D eigenvalue weighted by Gasteiger charge is 2.10. The van der Waals surface area contributed by atoms with Gasteiger partial charge in [-0.25, -0.2) is 4.98 Å². The fourth-order valence-electron chi connectivity index (χ4n) is 2.10. The maximum atomic E-state index is 12.0. The van der Waals surface area contributed by atoms with Gasteiger partial charge in [0.15, 0.2) is 0 Å². The predicted octanol–water partition coefficient (Wildman–Crippen LogP) is 1.86. The maximum absolute atomic E-state index is 12.0. The molecule has 118 valence electrons. The summed E-state index contributed by atoms with van der Waals surface area (Å²) in [6.45, 7) is 5.92. The molecular formula is C17H22N2O3. The number of ether oxygens (including phenoxy) is 1. The molecule has 0 bridgehead atoms. The Morgan fingerprint density at radius 2 is 1.95 bits per heavy atom. The zero-order valence-electron chi connectivity index (χ0n) is 13.2. The highest BCUT2D eigenvalue weighted by Crippen LogP contribution is 2.12. The summed E-state index contributed by atoms with van der Waals surface area (Å²) in [5, 5.41) is 10.0. The van der Waals surface area contributed by atoms with Crippen molar-refractivity contribution >= 4 is 0 Å². The summed E-state index contributed by atoms with van der Waals surface area (Å²) in [5.74, 6) is 0.710. The molecule has 1 atom stereocenters. The van der Waals surface area contributed by atoms with E-state index in [-0.39, 0.29) is 18.7 Å². The number of nitrogens with zero attached hydrogens (tertiary/aromatic N) is 2. The Morgan fingerprint density at radius 3 is 2.59 bits per heavy atom. The van der Waals surface area contributed by atoms with Crippen LogP contribution in [0.2, 0.25) is 0 Å². The number of aryl methyl sites for hydroxylation is 2. The minimum atomic E-state index is -0.771. The van der Waals surface area contributed by atoms with E-state index in [0.29, 0.717) is 17.0 Å². The third-order valence-corrected chi connectivity index (χ3v) is 3.70. The summed E-state index contributed by atoms with van der Waals surface area (Å²) < 4.78 is 6.96. The number of aliphatic hydroxyl groups is 1. The molecule has 22 heavy (non-hydrogen) atoms. The number of hydrogen-bond acceptors (Lipinski definition) is 4. The highest BCUT2D eigenvalue weighted by molar-refractivity contribution is 5.27. The summed E-state index contributed by atoms with van der Waals surface area (Å²) >= 11 is 0. The molecule has 0 aliphatic carbocycles. The van der Waals surface area contributed by atoms with E-state index in [9.17, 15) is 9.90 Å². The first-order chi connectivity index (χ1) is 10.5. The molecule has 0 amide bonds. The average Bonchev–Trinajstić information content (AvgIpc) is 2.54. The van der Waals surface area contributed by atoms with Crippen LogP contribution in [0.1, 0.15) is 23.7 Å². The van der Waals surface area contributed by atoms with Crippen molar-refractivity contribution in [2.75, 3.05) is 6.61 Å². The molecule has 1 N–H and O–H groups in total. The minimum absolute atomic E-state index is 0.126. The van der Waals surface area contributed by atoms with Gasteiger partial charge < -0.3 is 9.84 Å². The van der Waals surface area contributed by atoms with Crippen molar-refractivity contribution in [3.05, 3.63) is 57.8 Å². The molecule has 1 aromatic heterocycles. The molecule has 0 unspecified atom stereocenters. The second kappa shape index (κ2) is 7.22. The number of benzene rings is 1. The van der Waals surface area contributed by atoms with Crippen molar-refractivity contribution in [3.63, 3.8) is 0 Å². The van der Waals surface area contributed by atoms with Crippen LogP contribution in [0.15, 0.2) is 35.4 Å². The molecule has 0 saturated heterocycles. The van der Waals surface area contributed by atoms with Crippen molar-refractivity contribution in [2.24, 2.45) is 0 Å². The third kappa shape index (κ3) is 3.95. The number of aromatic nitrogens is 2. The van der Waals surface area contributed by atoms with Crippen LogP contribution in [0.4, 0.5) is 0 Å². The zero-order valence-corrected chi connectivity index (χ0v) is 13.2. The molecule has 0 aliphatic rings. The van der Waals surface area contributed by atoms with Crippen molar-refractivity contribution in [1.29, 1.82) is 0 Å². The molecule has 2 aromatic rings. The zero-order chi connectivity index (χ0) is 16.1. The molecule has 2 rings (SSSR count). The molecule has 0 aliphatic heterocycles. The molecule has 5 nitrogen and oxygen atoms in total. The predicted molar refractivity (Wildman–Crippen MR) is 85.3 cm³/mol. The summed E-state index contributed by atoms with van der Waals surface area (Å²) in [7, 11) is 0. The SMILES string of the molecule is CCc1ccc(OC[C@H](O)Cn2cnc(C)c(C)c2=O)cc1. The fourth-order valence-corrected chi connectivity index (χ4v) is 2.10. The molecule has 5 heteroatoms. The Bertz CT molecular complexity index is 677. The molecular weight excluding hydrogens is 280 g/mol. The number of aliphatic hydroxyl groups excluding tert-OH is 1. The van der Waals surface area contributed by atoms with E-state index >= 15 is 0 Å². The van der Waals surface area contributed by atoms with Crippen LogP contribution in [-0.2, 0) is 13.0 Å². The van der Waals surface area contributed by atoms with E-state index in [2.05, 4.69) is 11.9 Å². The Kier molecular flexibility index (Phi) is 5.33. The van der Waals surface area contributed by atoms with Crippen molar-refractivity contribution in [1.82, 2.24) is 9.55 Å². The second-order valence-corrected chi connectivity index (χ2v) is 5.37. The van der Waals surface area contributed by atoms with Crippen LogP contribution in [0.25, 0.3) is 0 Å². The van der Waals surface area contributed by atoms with Crippen LogP contribution in [0.5, 0.6) is 5.75 Å². The lowest BCUT2D eigenvalue weighted by Gasteiger charge is -2.14. The van der Waals surface area contributed by atoms with E-state index in [4.69, 9.17) is 4.74 Å². The Morgan fingerprint density at radius 1 is 1.27 bits per heavy atom. The minimum Gasteiger partial charge on any atom is -0.491 e. The smallest absolute Gasteiger partial charge is 0.256 e. The lowest BCUT2D eigenvalue weighted by molar-refractivity contribution is 0.0912. The molecule has 0 saturated carbocycles. The van der Waals surface area contributed by atoms with Gasteiger partial charge in [-0.2, -0.15) is 0 Å². The standard InChI is InChI=1S/C17H22N2O3/c1-4-14-5-7-16(8-6-14)22-10-15(20)9-19-11-18-13(3)12(2)17(19)21/h5-8,11,15,20H,4,9-10H2,1-3H3/t15-/m1/s1. The lowest BCUT2D eigenvalue weighted by Crippen LogP contribution is -2.31. The van der Waals surface area contributed by atoms with Crippen LogP contribution in [-0.4, -0.2) is 27.4 Å². The second-order valence-electron chi connectivity index (χ2n) is 5.37. The average molecular weight is 302 g/mol. The van der Waals surface area contributed by atoms with Crippen LogP contribution in [0.3, 0.4) is 0 Å². The van der Waals surface area contributed by atoms with Crippen LogP contribution < -0.4 is 10.3 Å². The first kappa shape index (κ1) is 16.2. The van der Waals surface area contributed by atoms with Crippen LogP contribution >= 0.6 is 0 Å².